The van der Waals surface area contributed by atoms with Gasteiger partial charge in [-0.3, -0.25) is 9.48 Å². The van der Waals surface area contributed by atoms with Crippen molar-refractivity contribution in [2.75, 3.05) is 13.7 Å². The van der Waals surface area contributed by atoms with Crippen molar-refractivity contribution in [1.29, 1.82) is 0 Å². The molecule has 0 aliphatic rings. The summed E-state index contributed by atoms with van der Waals surface area (Å²) in [5.74, 6) is -0.107. The topological polar surface area (TPSA) is 74.0 Å². The Hall–Kier alpha value is -2.93. The van der Waals surface area contributed by atoms with Gasteiger partial charge in [-0.15, -0.1) is 0 Å². The number of carbonyl (C=O) groups excluding carboxylic acids is 1. The van der Waals surface area contributed by atoms with E-state index in [9.17, 15) is 4.79 Å². The summed E-state index contributed by atoms with van der Waals surface area (Å²) in [6.45, 7) is 6.38. The highest BCUT2D eigenvalue weighted by Gasteiger charge is 2.09. The summed E-state index contributed by atoms with van der Waals surface area (Å²) in [6, 6.07) is 9.69. The predicted octanol–water partition coefficient (Wildman–Crippen LogP) is 2.32. The Balaban J connectivity index is 1.63. The third-order valence-electron chi connectivity index (χ3n) is 4.39. The number of benzene rings is 1. The average molecular weight is 367 g/mol. The molecular weight excluding hydrogens is 342 g/mol. The van der Waals surface area contributed by atoms with Gasteiger partial charge in [0.15, 0.2) is 0 Å². The number of nitrogens with zero attached hydrogens (tertiary/aromatic N) is 4. The van der Waals surface area contributed by atoms with Crippen LogP contribution in [0.25, 0.3) is 0 Å². The zero-order valence-electron chi connectivity index (χ0n) is 16.0. The SMILES string of the molecule is COCCn1cncc1CNC(=O)c1cccc(Cn2nc(C)cc2C)c1. The highest BCUT2D eigenvalue weighted by Crippen LogP contribution is 2.10. The van der Waals surface area contributed by atoms with E-state index in [4.69, 9.17) is 4.74 Å². The van der Waals surface area contributed by atoms with Crippen molar-refractivity contribution < 1.29 is 9.53 Å². The van der Waals surface area contributed by atoms with E-state index in [1.807, 2.05) is 53.4 Å². The van der Waals surface area contributed by atoms with E-state index in [0.717, 1.165) is 22.6 Å². The molecule has 3 aromatic rings. The molecule has 0 saturated carbocycles. The van der Waals surface area contributed by atoms with Crippen LogP contribution in [0.1, 0.15) is 33.0 Å². The summed E-state index contributed by atoms with van der Waals surface area (Å²) in [5.41, 5.74) is 4.72. The Labute approximate surface area is 159 Å². The Kier molecular flexibility index (Phi) is 6.03. The lowest BCUT2D eigenvalue weighted by Gasteiger charge is -2.10. The number of rotatable bonds is 8. The quantitative estimate of drug-likeness (QED) is 0.663. The van der Waals surface area contributed by atoms with E-state index in [0.29, 0.717) is 31.8 Å². The van der Waals surface area contributed by atoms with E-state index in [1.165, 1.54) is 0 Å². The number of methoxy groups -OCH3 is 1. The molecule has 142 valence electrons. The Bertz CT molecular complexity index is 913. The second kappa shape index (κ2) is 8.64. The smallest absolute Gasteiger partial charge is 0.251 e. The standard InChI is InChI=1S/C20H25N5O2/c1-15-9-16(2)25(23-15)13-17-5-4-6-18(10-17)20(26)22-12-19-11-21-14-24(19)7-8-27-3/h4-6,9-11,14H,7-8,12-13H2,1-3H3,(H,22,26). The Morgan fingerprint density at radius 3 is 2.85 bits per heavy atom. The van der Waals surface area contributed by atoms with Gasteiger partial charge in [0.05, 0.1) is 37.4 Å². The molecule has 0 aliphatic carbocycles. The molecular formula is C20H25N5O2. The summed E-state index contributed by atoms with van der Waals surface area (Å²) in [7, 11) is 1.66. The van der Waals surface area contributed by atoms with Crippen LogP contribution in [-0.2, 0) is 24.4 Å². The first-order chi connectivity index (χ1) is 13.1. The minimum atomic E-state index is -0.107. The van der Waals surface area contributed by atoms with Crippen LogP contribution < -0.4 is 5.32 Å². The van der Waals surface area contributed by atoms with Crippen LogP contribution in [0.5, 0.6) is 0 Å². The molecule has 2 aromatic heterocycles. The Morgan fingerprint density at radius 1 is 1.26 bits per heavy atom. The van der Waals surface area contributed by atoms with E-state index in [1.54, 1.807) is 19.6 Å². The van der Waals surface area contributed by atoms with Gasteiger partial charge in [-0.25, -0.2) is 4.98 Å². The lowest BCUT2D eigenvalue weighted by Crippen LogP contribution is -2.24. The van der Waals surface area contributed by atoms with E-state index in [-0.39, 0.29) is 5.91 Å². The van der Waals surface area contributed by atoms with Gasteiger partial charge in [-0.2, -0.15) is 5.10 Å². The third kappa shape index (κ3) is 4.83. The van der Waals surface area contributed by atoms with E-state index in [2.05, 4.69) is 15.4 Å². The van der Waals surface area contributed by atoms with Crippen molar-refractivity contribution in [3.05, 3.63) is 71.1 Å². The van der Waals surface area contributed by atoms with Crippen LogP contribution in [0, 0.1) is 13.8 Å². The molecule has 1 N–H and O–H groups in total. The first kappa shape index (κ1) is 18.8. The maximum atomic E-state index is 12.6. The number of ether oxygens (including phenoxy) is 1. The second-order valence-electron chi connectivity index (χ2n) is 6.54. The fourth-order valence-corrected chi connectivity index (χ4v) is 2.98. The zero-order valence-corrected chi connectivity index (χ0v) is 16.0. The predicted molar refractivity (Wildman–Crippen MR) is 103 cm³/mol. The van der Waals surface area contributed by atoms with Crippen molar-refractivity contribution in [2.45, 2.75) is 33.5 Å². The summed E-state index contributed by atoms with van der Waals surface area (Å²) >= 11 is 0. The number of amides is 1. The zero-order chi connectivity index (χ0) is 19.2. The van der Waals surface area contributed by atoms with Gasteiger partial charge in [0, 0.05) is 31.1 Å². The van der Waals surface area contributed by atoms with Gasteiger partial charge < -0.3 is 14.6 Å². The Morgan fingerprint density at radius 2 is 2.11 bits per heavy atom. The van der Waals surface area contributed by atoms with Crippen LogP contribution in [0.15, 0.2) is 42.9 Å². The molecule has 7 heteroatoms. The first-order valence-corrected chi connectivity index (χ1v) is 8.93. The van der Waals surface area contributed by atoms with Crippen molar-refractivity contribution in [2.24, 2.45) is 0 Å². The molecule has 0 aliphatic heterocycles. The summed E-state index contributed by atoms with van der Waals surface area (Å²) in [4.78, 5) is 16.7. The minimum absolute atomic E-state index is 0.107. The molecule has 0 unspecified atom stereocenters. The van der Waals surface area contributed by atoms with Crippen LogP contribution in [0.3, 0.4) is 0 Å². The molecule has 1 amide bonds. The molecule has 2 heterocycles. The highest BCUT2D eigenvalue weighted by molar-refractivity contribution is 5.94. The molecule has 0 atom stereocenters. The fourth-order valence-electron chi connectivity index (χ4n) is 2.98. The van der Waals surface area contributed by atoms with Crippen molar-refractivity contribution >= 4 is 5.91 Å². The van der Waals surface area contributed by atoms with Gasteiger partial charge in [-0.05, 0) is 37.6 Å². The maximum Gasteiger partial charge on any atom is 0.251 e. The normalized spacial score (nSPS) is 10.9. The molecule has 0 fully saturated rings. The van der Waals surface area contributed by atoms with Gasteiger partial charge in [-0.1, -0.05) is 12.1 Å². The molecule has 27 heavy (non-hydrogen) atoms. The molecule has 0 bridgehead atoms. The lowest BCUT2D eigenvalue weighted by molar-refractivity contribution is 0.0949. The lowest BCUT2D eigenvalue weighted by atomic mass is 10.1. The number of nitrogens with one attached hydrogen (secondary N) is 1. The number of carbonyl (C=O) groups is 1. The van der Waals surface area contributed by atoms with Crippen molar-refractivity contribution in [3.63, 3.8) is 0 Å². The fraction of sp³-hybridized carbons (Fsp3) is 0.350. The van der Waals surface area contributed by atoms with Crippen LogP contribution in [0.4, 0.5) is 0 Å². The van der Waals surface area contributed by atoms with Gasteiger partial charge >= 0.3 is 0 Å². The number of hydrogen-bond donors (Lipinski definition) is 1. The van der Waals surface area contributed by atoms with Crippen LogP contribution in [-0.4, -0.2) is 39.0 Å². The van der Waals surface area contributed by atoms with E-state index >= 15 is 0 Å². The van der Waals surface area contributed by atoms with Crippen LogP contribution in [0.2, 0.25) is 0 Å². The van der Waals surface area contributed by atoms with Crippen molar-refractivity contribution in [1.82, 2.24) is 24.6 Å². The molecule has 0 spiro atoms. The van der Waals surface area contributed by atoms with Crippen LogP contribution >= 0.6 is 0 Å². The minimum Gasteiger partial charge on any atom is -0.383 e. The number of aryl methyl sites for hydroxylation is 2. The first-order valence-electron chi connectivity index (χ1n) is 8.93. The van der Waals surface area contributed by atoms with Gasteiger partial charge in [0.2, 0.25) is 0 Å². The van der Waals surface area contributed by atoms with Crippen molar-refractivity contribution in [3.8, 4) is 0 Å². The molecule has 7 nitrogen and oxygen atoms in total. The molecule has 0 radical (unpaired) electrons. The number of hydrogen-bond acceptors (Lipinski definition) is 4. The summed E-state index contributed by atoms with van der Waals surface area (Å²) in [6.07, 6.45) is 3.50. The largest absolute Gasteiger partial charge is 0.383 e. The van der Waals surface area contributed by atoms with Gasteiger partial charge in [0.1, 0.15) is 0 Å². The monoisotopic (exact) mass is 367 g/mol. The average Bonchev–Trinajstić information content (AvgIpc) is 3.23. The maximum absolute atomic E-state index is 12.6. The number of imidazole rings is 1. The number of aromatic nitrogens is 4. The second-order valence-corrected chi connectivity index (χ2v) is 6.54. The third-order valence-corrected chi connectivity index (χ3v) is 4.39. The highest BCUT2D eigenvalue weighted by atomic mass is 16.5. The molecule has 1 aromatic carbocycles. The molecule has 3 rings (SSSR count). The van der Waals surface area contributed by atoms with E-state index < -0.39 is 0 Å². The molecule has 0 saturated heterocycles. The van der Waals surface area contributed by atoms with Gasteiger partial charge in [0.25, 0.3) is 5.91 Å². The summed E-state index contributed by atoms with van der Waals surface area (Å²) in [5, 5.41) is 7.44. The summed E-state index contributed by atoms with van der Waals surface area (Å²) < 4.78 is 9.01.